The van der Waals surface area contributed by atoms with E-state index in [1.54, 1.807) is 0 Å². The highest BCUT2D eigenvalue weighted by Crippen LogP contribution is 2.43. The maximum Gasteiger partial charge on any atom is 0.247 e. The average Bonchev–Trinajstić information content (AvgIpc) is 3.58. The standard InChI is InChI=1S/C23H24BrN7O3S/c24-14-9-15-16(34-12-33-15)10-17(14)35-23-29-20-21(25)26-11-27-22(20)31(23)8-5-13-3-6-30(7-4-13)18-1-2-19(32)28-18/h9-11,13H,1-8,12H2,(H2,25,26,27). The Morgan fingerprint density at radius 3 is 2.71 bits per heavy atom. The normalized spacial score (nSPS) is 18.0. The van der Waals surface area contributed by atoms with Crippen LogP contribution in [0.4, 0.5) is 5.82 Å². The second-order valence-electron chi connectivity index (χ2n) is 8.86. The van der Waals surface area contributed by atoms with Gasteiger partial charge in [0.2, 0.25) is 12.7 Å². The van der Waals surface area contributed by atoms with Gasteiger partial charge in [0.05, 0.1) is 0 Å². The van der Waals surface area contributed by atoms with Crippen molar-refractivity contribution in [3.63, 3.8) is 0 Å². The Kier molecular flexibility index (Phi) is 6.01. The number of aromatic nitrogens is 4. The Hall–Kier alpha value is -2.86. The zero-order chi connectivity index (χ0) is 23.9. The average molecular weight is 558 g/mol. The molecule has 182 valence electrons. The number of likely N-dealkylation sites (tertiary alicyclic amines) is 1. The van der Waals surface area contributed by atoms with Gasteiger partial charge in [-0.25, -0.2) is 19.9 Å². The fourth-order valence-electron chi connectivity index (χ4n) is 4.78. The number of imidazole rings is 1. The summed E-state index contributed by atoms with van der Waals surface area (Å²) < 4.78 is 14.1. The number of fused-ring (bicyclic) bond motifs is 2. The van der Waals surface area contributed by atoms with Crippen molar-refractivity contribution in [1.82, 2.24) is 24.4 Å². The molecule has 3 aliphatic rings. The van der Waals surface area contributed by atoms with Gasteiger partial charge in [0.25, 0.3) is 0 Å². The summed E-state index contributed by atoms with van der Waals surface area (Å²) in [6.07, 6.45) is 5.98. The van der Waals surface area contributed by atoms with E-state index >= 15 is 0 Å². The summed E-state index contributed by atoms with van der Waals surface area (Å²) in [5.41, 5.74) is 7.50. The van der Waals surface area contributed by atoms with Crippen LogP contribution < -0.4 is 15.2 Å². The molecular formula is C23H24BrN7O3S. The van der Waals surface area contributed by atoms with Crippen molar-refractivity contribution in [2.24, 2.45) is 10.9 Å². The van der Waals surface area contributed by atoms with Gasteiger partial charge in [-0.3, -0.25) is 4.79 Å². The monoisotopic (exact) mass is 557 g/mol. The molecule has 3 aromatic rings. The first kappa shape index (κ1) is 22.6. The van der Waals surface area contributed by atoms with Crippen LogP contribution in [-0.4, -0.2) is 56.0 Å². The molecule has 0 aliphatic carbocycles. The summed E-state index contributed by atoms with van der Waals surface area (Å²) in [6.45, 7) is 2.90. The maximum absolute atomic E-state index is 11.5. The van der Waals surface area contributed by atoms with Crippen LogP contribution in [0.1, 0.15) is 32.1 Å². The molecule has 35 heavy (non-hydrogen) atoms. The van der Waals surface area contributed by atoms with Crippen LogP contribution in [0.3, 0.4) is 0 Å². The minimum Gasteiger partial charge on any atom is -0.454 e. The fraction of sp³-hybridized carbons (Fsp3) is 0.435. The number of aliphatic imine (C=N–C) groups is 1. The van der Waals surface area contributed by atoms with Crippen molar-refractivity contribution in [3.8, 4) is 11.5 Å². The number of hydrogen-bond acceptors (Lipinski definition) is 9. The molecule has 6 rings (SSSR count). The number of carbonyl (C=O) groups excluding carboxylic acids is 1. The second-order valence-corrected chi connectivity index (χ2v) is 10.7. The Morgan fingerprint density at radius 2 is 1.94 bits per heavy atom. The largest absolute Gasteiger partial charge is 0.454 e. The van der Waals surface area contributed by atoms with E-state index < -0.39 is 0 Å². The van der Waals surface area contributed by atoms with Gasteiger partial charge in [0, 0.05) is 41.8 Å². The van der Waals surface area contributed by atoms with Crippen molar-refractivity contribution >= 4 is 56.4 Å². The number of nitrogen functional groups attached to an aromatic ring is 1. The Bertz CT molecular complexity index is 1340. The number of nitrogens with two attached hydrogens (primary N) is 1. The summed E-state index contributed by atoms with van der Waals surface area (Å²) in [4.78, 5) is 32.4. The SMILES string of the molecule is Nc1ncnc2c1nc(Sc1cc3c(cc1Br)OCO3)n2CCC1CCN(C2=NC(=O)CC2)CC1. The van der Waals surface area contributed by atoms with Crippen molar-refractivity contribution < 1.29 is 14.3 Å². The van der Waals surface area contributed by atoms with Gasteiger partial charge in [-0.05, 0) is 53.2 Å². The molecule has 5 heterocycles. The number of benzene rings is 1. The molecule has 3 aliphatic heterocycles. The lowest BCUT2D eigenvalue weighted by molar-refractivity contribution is -0.117. The number of ether oxygens (including phenoxy) is 2. The van der Waals surface area contributed by atoms with E-state index in [0.29, 0.717) is 23.7 Å². The second kappa shape index (κ2) is 9.30. The molecule has 2 N–H and O–H groups in total. The van der Waals surface area contributed by atoms with E-state index in [-0.39, 0.29) is 12.7 Å². The summed E-state index contributed by atoms with van der Waals surface area (Å²) >= 11 is 5.18. The van der Waals surface area contributed by atoms with E-state index in [9.17, 15) is 4.79 Å². The van der Waals surface area contributed by atoms with Crippen LogP contribution in [-0.2, 0) is 11.3 Å². The number of aryl methyl sites for hydroxylation is 1. The number of amides is 1. The number of amidine groups is 1. The van der Waals surface area contributed by atoms with Gasteiger partial charge < -0.3 is 24.7 Å². The minimum absolute atomic E-state index is 0.00879. The van der Waals surface area contributed by atoms with Gasteiger partial charge in [0.1, 0.15) is 12.2 Å². The lowest BCUT2D eigenvalue weighted by Gasteiger charge is -2.33. The van der Waals surface area contributed by atoms with Gasteiger partial charge in [-0.1, -0.05) is 11.8 Å². The van der Waals surface area contributed by atoms with Gasteiger partial charge in [-0.2, -0.15) is 0 Å². The third kappa shape index (κ3) is 4.44. The number of anilines is 1. The zero-order valence-corrected chi connectivity index (χ0v) is 21.3. The van der Waals surface area contributed by atoms with Crippen LogP contribution in [0, 0.1) is 5.92 Å². The lowest BCUT2D eigenvalue weighted by atomic mass is 9.93. The number of piperidine rings is 1. The molecule has 10 nitrogen and oxygen atoms in total. The highest BCUT2D eigenvalue weighted by atomic mass is 79.9. The third-order valence-electron chi connectivity index (χ3n) is 6.71. The molecule has 1 amide bonds. The van der Waals surface area contributed by atoms with Gasteiger partial charge in [0.15, 0.2) is 33.6 Å². The van der Waals surface area contributed by atoms with E-state index in [2.05, 4.69) is 40.4 Å². The van der Waals surface area contributed by atoms with Crippen molar-refractivity contribution in [2.75, 3.05) is 25.6 Å². The molecule has 0 spiro atoms. The quantitative estimate of drug-likeness (QED) is 0.498. The van der Waals surface area contributed by atoms with Gasteiger partial charge in [-0.15, -0.1) is 0 Å². The molecule has 1 fully saturated rings. The number of carbonyl (C=O) groups is 1. The number of rotatable bonds is 5. The summed E-state index contributed by atoms with van der Waals surface area (Å²) in [5, 5.41) is 0.808. The molecule has 1 saturated heterocycles. The van der Waals surface area contributed by atoms with Gasteiger partial charge >= 0.3 is 0 Å². The number of hydrogen-bond donors (Lipinski definition) is 1. The smallest absolute Gasteiger partial charge is 0.247 e. The van der Waals surface area contributed by atoms with Crippen LogP contribution >= 0.6 is 27.7 Å². The van der Waals surface area contributed by atoms with E-state index in [4.69, 9.17) is 20.2 Å². The van der Waals surface area contributed by atoms with Crippen molar-refractivity contribution in [2.45, 2.75) is 48.7 Å². The zero-order valence-electron chi connectivity index (χ0n) is 18.9. The molecule has 0 bridgehead atoms. The summed E-state index contributed by atoms with van der Waals surface area (Å²) in [5.74, 6) is 3.38. The molecule has 0 atom stereocenters. The predicted octanol–water partition coefficient (Wildman–Crippen LogP) is 3.87. The Labute approximate surface area is 214 Å². The van der Waals surface area contributed by atoms with Crippen LogP contribution in [0.5, 0.6) is 11.5 Å². The maximum atomic E-state index is 11.5. The van der Waals surface area contributed by atoms with Crippen molar-refractivity contribution in [1.29, 1.82) is 0 Å². The highest BCUT2D eigenvalue weighted by Gasteiger charge is 2.26. The van der Waals surface area contributed by atoms with E-state index in [1.165, 1.54) is 18.1 Å². The molecule has 0 radical (unpaired) electrons. The fourth-order valence-corrected chi connectivity index (χ4v) is 6.29. The first-order valence-corrected chi connectivity index (χ1v) is 13.2. The number of nitrogens with zero attached hydrogens (tertiary/aromatic N) is 6. The van der Waals surface area contributed by atoms with Crippen molar-refractivity contribution in [3.05, 3.63) is 22.9 Å². The molecule has 12 heteroatoms. The molecular weight excluding hydrogens is 534 g/mol. The highest BCUT2D eigenvalue weighted by molar-refractivity contribution is 9.10. The third-order valence-corrected chi connectivity index (χ3v) is 8.68. The van der Waals surface area contributed by atoms with E-state index in [0.717, 1.165) is 82.8 Å². The predicted molar refractivity (Wildman–Crippen MR) is 135 cm³/mol. The van der Waals surface area contributed by atoms with Crippen LogP contribution in [0.2, 0.25) is 0 Å². The molecule has 1 aromatic carbocycles. The van der Waals surface area contributed by atoms with E-state index in [1.807, 2.05) is 12.1 Å². The summed E-state index contributed by atoms with van der Waals surface area (Å²) in [7, 11) is 0. The van der Waals surface area contributed by atoms with Crippen LogP contribution in [0.15, 0.2) is 38.0 Å². The van der Waals surface area contributed by atoms with Crippen LogP contribution in [0.25, 0.3) is 11.2 Å². The topological polar surface area (TPSA) is 121 Å². The molecule has 0 unspecified atom stereocenters. The lowest BCUT2D eigenvalue weighted by Crippen LogP contribution is -2.37. The summed E-state index contributed by atoms with van der Waals surface area (Å²) in [6, 6.07) is 3.88. The Balaban J connectivity index is 1.20. The first-order valence-electron chi connectivity index (χ1n) is 11.6. The number of halogens is 1. The minimum atomic E-state index is 0.00879. The Morgan fingerprint density at radius 1 is 1.14 bits per heavy atom. The molecule has 2 aromatic heterocycles. The molecule has 0 saturated carbocycles. The first-order chi connectivity index (χ1) is 17.0.